The number of hydrogen-bond donors (Lipinski definition) is 2. The van der Waals surface area contributed by atoms with Gasteiger partial charge >= 0.3 is 0 Å². The molecule has 0 aliphatic rings. The minimum absolute atomic E-state index is 0.00731. The van der Waals surface area contributed by atoms with Crippen LogP contribution in [0.15, 0.2) is 12.1 Å². The van der Waals surface area contributed by atoms with E-state index in [0.717, 1.165) is 6.07 Å². The lowest BCUT2D eigenvalue weighted by atomic mass is 9.93. The van der Waals surface area contributed by atoms with Gasteiger partial charge in [0, 0.05) is 5.56 Å². The Hall–Kier alpha value is -1.45. The molecule has 0 atom stereocenters. The summed E-state index contributed by atoms with van der Waals surface area (Å²) in [6.07, 6.45) is 0.537. The first-order valence-corrected chi connectivity index (χ1v) is 2.91. The van der Waals surface area contributed by atoms with Crippen LogP contribution in [0.2, 0.25) is 0 Å². The lowest BCUT2D eigenvalue weighted by Crippen LogP contribution is -2.03. The fourth-order valence-corrected chi connectivity index (χ4v) is 0.732. The van der Waals surface area contributed by atoms with E-state index >= 15 is 0 Å². The van der Waals surface area contributed by atoms with Crippen molar-refractivity contribution >= 4 is 19.6 Å². The number of phenolic OH excluding ortho intramolecular Hbond substituents is 2. The van der Waals surface area contributed by atoms with Crippen LogP contribution in [-0.2, 0) is 0 Å². The Kier molecular flexibility index (Phi) is 1.85. The monoisotopic (exact) mass is 148 g/mol. The molecule has 0 unspecified atom stereocenters. The average molecular weight is 148 g/mol. The van der Waals surface area contributed by atoms with Gasteiger partial charge in [-0.15, -0.1) is 0 Å². The fourth-order valence-electron chi connectivity index (χ4n) is 0.732. The summed E-state index contributed by atoms with van der Waals surface area (Å²) in [6.45, 7) is 0. The molecule has 0 aliphatic carbocycles. The van der Waals surface area contributed by atoms with E-state index in [-0.39, 0.29) is 16.8 Å². The van der Waals surface area contributed by atoms with Gasteiger partial charge in [-0.1, -0.05) is 11.5 Å². The summed E-state index contributed by atoms with van der Waals surface area (Å²) >= 11 is 0. The SMILES string of the molecule is [B]c1cc(C=O)cc(O)c1O. The van der Waals surface area contributed by atoms with Crippen LogP contribution in [0.3, 0.4) is 0 Å². The quantitative estimate of drug-likeness (QED) is 0.326. The van der Waals surface area contributed by atoms with E-state index in [2.05, 4.69) is 0 Å². The molecule has 3 nitrogen and oxygen atoms in total. The third-order valence-electron chi connectivity index (χ3n) is 1.28. The molecule has 54 valence electrons. The molecule has 0 saturated carbocycles. The van der Waals surface area contributed by atoms with E-state index < -0.39 is 5.75 Å². The molecule has 2 radical (unpaired) electrons. The third-order valence-corrected chi connectivity index (χ3v) is 1.28. The summed E-state index contributed by atoms with van der Waals surface area (Å²) in [5.74, 6) is -0.775. The minimum Gasteiger partial charge on any atom is -0.505 e. The molecule has 0 heterocycles. The van der Waals surface area contributed by atoms with E-state index in [1.54, 1.807) is 0 Å². The second-order valence-electron chi connectivity index (χ2n) is 2.10. The normalized spacial score (nSPS) is 9.45. The Morgan fingerprint density at radius 2 is 2.00 bits per heavy atom. The van der Waals surface area contributed by atoms with Crippen LogP contribution >= 0.6 is 0 Å². The number of benzene rings is 1. The van der Waals surface area contributed by atoms with Gasteiger partial charge in [0.25, 0.3) is 0 Å². The van der Waals surface area contributed by atoms with Crippen molar-refractivity contribution in [2.75, 3.05) is 0 Å². The Morgan fingerprint density at radius 1 is 1.36 bits per heavy atom. The van der Waals surface area contributed by atoms with Gasteiger partial charge in [-0.25, -0.2) is 0 Å². The zero-order valence-electron chi connectivity index (χ0n) is 5.61. The van der Waals surface area contributed by atoms with E-state index in [9.17, 15) is 4.79 Å². The molecule has 1 aromatic rings. The summed E-state index contributed by atoms with van der Waals surface area (Å²) in [4.78, 5) is 10.2. The molecule has 11 heavy (non-hydrogen) atoms. The molecular weight excluding hydrogens is 143 g/mol. The summed E-state index contributed by atoms with van der Waals surface area (Å²) in [7, 11) is 5.23. The van der Waals surface area contributed by atoms with Crippen molar-refractivity contribution < 1.29 is 15.0 Å². The molecule has 0 saturated heterocycles. The van der Waals surface area contributed by atoms with Crippen molar-refractivity contribution in [3.05, 3.63) is 17.7 Å². The van der Waals surface area contributed by atoms with Gasteiger partial charge in [-0.3, -0.25) is 4.79 Å². The molecule has 0 bridgehead atoms. The molecule has 0 aliphatic heterocycles. The molecule has 0 aromatic heterocycles. The highest BCUT2D eigenvalue weighted by molar-refractivity contribution is 6.34. The molecule has 0 amide bonds. The maximum atomic E-state index is 10.2. The number of carbonyl (C=O) groups is 1. The van der Waals surface area contributed by atoms with Crippen LogP contribution in [0.25, 0.3) is 0 Å². The predicted octanol–water partition coefficient (Wildman–Crippen LogP) is -0.296. The van der Waals surface area contributed by atoms with Crippen LogP contribution in [0.4, 0.5) is 0 Å². The van der Waals surface area contributed by atoms with Crippen LogP contribution in [0, 0.1) is 0 Å². The van der Waals surface area contributed by atoms with Crippen molar-refractivity contribution in [3.63, 3.8) is 0 Å². The van der Waals surface area contributed by atoms with Crippen molar-refractivity contribution in [3.8, 4) is 11.5 Å². The first kappa shape index (κ1) is 7.66. The van der Waals surface area contributed by atoms with Crippen molar-refractivity contribution in [2.45, 2.75) is 0 Å². The van der Waals surface area contributed by atoms with Crippen LogP contribution < -0.4 is 5.46 Å². The minimum atomic E-state index is -0.393. The Bertz CT molecular complexity index is 273. The van der Waals surface area contributed by atoms with Gasteiger partial charge < -0.3 is 10.2 Å². The standard InChI is InChI=1S/C7H5BO3/c8-5-1-4(3-9)2-6(10)7(5)11/h1-3,10-11H. The van der Waals surface area contributed by atoms with Gasteiger partial charge in [0.2, 0.25) is 0 Å². The first-order chi connectivity index (χ1) is 5.15. The third kappa shape index (κ3) is 1.34. The second kappa shape index (κ2) is 2.66. The predicted molar refractivity (Wildman–Crippen MR) is 40.5 cm³/mol. The van der Waals surface area contributed by atoms with Crippen molar-refractivity contribution in [1.82, 2.24) is 0 Å². The topological polar surface area (TPSA) is 57.5 Å². The molecule has 1 aromatic carbocycles. The van der Waals surface area contributed by atoms with E-state index in [1.807, 2.05) is 0 Å². The van der Waals surface area contributed by atoms with Gasteiger partial charge in [-0.05, 0) is 6.07 Å². The number of phenols is 2. The highest BCUT2D eigenvalue weighted by Crippen LogP contribution is 2.21. The number of aromatic hydroxyl groups is 2. The van der Waals surface area contributed by atoms with Gasteiger partial charge in [0.05, 0.1) is 0 Å². The van der Waals surface area contributed by atoms with Crippen molar-refractivity contribution in [1.29, 1.82) is 0 Å². The first-order valence-electron chi connectivity index (χ1n) is 2.91. The zero-order valence-corrected chi connectivity index (χ0v) is 5.61. The van der Waals surface area contributed by atoms with E-state index in [4.69, 9.17) is 18.1 Å². The van der Waals surface area contributed by atoms with Crippen LogP contribution in [0.1, 0.15) is 10.4 Å². The van der Waals surface area contributed by atoms with Crippen LogP contribution in [0.5, 0.6) is 11.5 Å². The molecular formula is C7H5BO3. The smallest absolute Gasteiger partial charge is 0.157 e. The maximum Gasteiger partial charge on any atom is 0.157 e. The summed E-state index contributed by atoms with van der Waals surface area (Å²) in [6, 6.07) is 2.42. The Morgan fingerprint density at radius 3 is 2.45 bits per heavy atom. The largest absolute Gasteiger partial charge is 0.505 e. The highest BCUT2D eigenvalue weighted by Gasteiger charge is 2.03. The number of hydrogen-bond acceptors (Lipinski definition) is 3. The average Bonchev–Trinajstić information content (AvgIpc) is 1.99. The molecule has 4 heteroatoms. The van der Waals surface area contributed by atoms with Crippen LogP contribution in [-0.4, -0.2) is 24.3 Å². The summed E-state index contributed by atoms with van der Waals surface area (Å²) < 4.78 is 0. The lowest BCUT2D eigenvalue weighted by Gasteiger charge is -2.01. The molecule has 0 fully saturated rings. The second-order valence-corrected chi connectivity index (χ2v) is 2.10. The zero-order chi connectivity index (χ0) is 8.43. The van der Waals surface area contributed by atoms with Gasteiger partial charge in [-0.2, -0.15) is 0 Å². The van der Waals surface area contributed by atoms with E-state index in [0.29, 0.717) is 6.29 Å². The number of aldehydes is 1. The fraction of sp³-hybridized carbons (Fsp3) is 0. The molecule has 0 spiro atoms. The van der Waals surface area contributed by atoms with E-state index in [1.165, 1.54) is 6.07 Å². The number of rotatable bonds is 1. The van der Waals surface area contributed by atoms with Gasteiger partial charge in [0.1, 0.15) is 19.9 Å². The maximum absolute atomic E-state index is 10.2. The Labute approximate surface area is 64.7 Å². The Balaban J connectivity index is 3.31. The summed E-state index contributed by atoms with van der Waals surface area (Å²) in [5, 5.41) is 17.9. The lowest BCUT2D eigenvalue weighted by molar-refractivity contribution is 0.112. The van der Waals surface area contributed by atoms with Gasteiger partial charge in [0.15, 0.2) is 5.75 Å². The van der Waals surface area contributed by atoms with Crippen molar-refractivity contribution in [2.24, 2.45) is 0 Å². The molecule has 1 rings (SSSR count). The highest BCUT2D eigenvalue weighted by atomic mass is 16.3. The summed E-state index contributed by atoms with van der Waals surface area (Å²) in [5.41, 5.74) is 0.227. The molecule has 2 N–H and O–H groups in total. The number of carbonyl (C=O) groups excluding carboxylic acids is 1.